The predicted molar refractivity (Wildman–Crippen MR) is 137 cm³/mol. The number of carbonyl (C=O) groups excluding carboxylic acids is 1. The normalized spacial score (nSPS) is 10.4. The van der Waals surface area contributed by atoms with E-state index in [0.717, 1.165) is 11.1 Å². The zero-order valence-corrected chi connectivity index (χ0v) is 19.1. The van der Waals surface area contributed by atoms with E-state index in [-0.39, 0.29) is 30.5 Å². The molecule has 0 heterocycles. The number of hydrogen-bond donors (Lipinski definition) is 0. The van der Waals surface area contributed by atoms with Crippen LogP contribution in [0.25, 0.3) is 0 Å². The highest BCUT2D eigenvalue weighted by Crippen LogP contribution is 2.27. The Morgan fingerprint density at radius 1 is 0.556 bits per heavy atom. The van der Waals surface area contributed by atoms with Crippen molar-refractivity contribution in [1.82, 2.24) is 0 Å². The molecule has 0 bridgehead atoms. The predicted octanol–water partition coefficient (Wildman–Crippen LogP) is 6.34. The van der Waals surface area contributed by atoms with E-state index in [0.29, 0.717) is 11.4 Å². The molecule has 0 unspecified atom stereocenters. The van der Waals surface area contributed by atoms with Crippen molar-refractivity contribution in [1.29, 1.82) is 0 Å². The molecular formula is C27H22N4O5. The van der Waals surface area contributed by atoms with E-state index in [1.807, 2.05) is 60.7 Å². The Morgan fingerprint density at radius 2 is 0.889 bits per heavy atom. The van der Waals surface area contributed by atoms with E-state index in [1.165, 1.54) is 58.3 Å². The summed E-state index contributed by atoms with van der Waals surface area (Å²) in [6.45, 7) is 0.436. The number of hydrogen-bond acceptors (Lipinski definition) is 5. The molecule has 4 aromatic rings. The van der Waals surface area contributed by atoms with Gasteiger partial charge in [0.1, 0.15) is 0 Å². The molecule has 0 fully saturated rings. The van der Waals surface area contributed by atoms with E-state index < -0.39 is 9.85 Å². The van der Waals surface area contributed by atoms with Crippen molar-refractivity contribution in [2.45, 2.75) is 13.1 Å². The maximum atomic E-state index is 14.1. The van der Waals surface area contributed by atoms with Crippen LogP contribution in [0.1, 0.15) is 11.1 Å². The Labute approximate surface area is 207 Å². The van der Waals surface area contributed by atoms with Gasteiger partial charge in [-0.3, -0.25) is 30.0 Å². The van der Waals surface area contributed by atoms with Crippen LogP contribution in [0.15, 0.2) is 109 Å². The van der Waals surface area contributed by atoms with Gasteiger partial charge < -0.3 is 0 Å². The van der Waals surface area contributed by atoms with Crippen molar-refractivity contribution < 1.29 is 14.6 Å². The van der Waals surface area contributed by atoms with Gasteiger partial charge in [0.25, 0.3) is 11.4 Å². The summed E-state index contributed by atoms with van der Waals surface area (Å²) < 4.78 is 0. The second kappa shape index (κ2) is 10.9. The molecule has 0 N–H and O–H groups in total. The van der Waals surface area contributed by atoms with Crippen LogP contribution < -0.4 is 9.80 Å². The van der Waals surface area contributed by atoms with Crippen molar-refractivity contribution >= 4 is 28.8 Å². The van der Waals surface area contributed by atoms with Crippen molar-refractivity contribution in [3.8, 4) is 0 Å². The standard InChI is InChI=1S/C27H22N4O5/c32-27(28(19-21-7-3-1-4-8-21)23-11-15-25(16-12-23)30(33)34)29(20-22-9-5-2-6-10-22)24-13-17-26(18-14-24)31(35)36/h1-18H,19-20H2. The van der Waals surface area contributed by atoms with E-state index in [2.05, 4.69) is 0 Å². The van der Waals surface area contributed by atoms with E-state index in [1.54, 1.807) is 0 Å². The first kappa shape index (κ1) is 24.1. The van der Waals surface area contributed by atoms with Gasteiger partial charge >= 0.3 is 6.03 Å². The molecule has 0 radical (unpaired) electrons. The van der Waals surface area contributed by atoms with Crippen LogP contribution in [0.5, 0.6) is 0 Å². The number of urea groups is 1. The summed E-state index contributed by atoms with van der Waals surface area (Å²) >= 11 is 0. The van der Waals surface area contributed by atoms with E-state index in [4.69, 9.17) is 0 Å². The minimum Gasteiger partial charge on any atom is -0.290 e. The van der Waals surface area contributed by atoms with Gasteiger partial charge in [-0.2, -0.15) is 0 Å². The first-order valence-electron chi connectivity index (χ1n) is 11.1. The van der Waals surface area contributed by atoms with Gasteiger partial charge in [-0.25, -0.2) is 4.79 Å². The zero-order chi connectivity index (χ0) is 25.5. The number of non-ortho nitro benzene ring substituents is 2. The third kappa shape index (κ3) is 5.71. The first-order chi connectivity index (χ1) is 17.4. The van der Waals surface area contributed by atoms with Crippen molar-refractivity contribution in [3.05, 3.63) is 141 Å². The summed E-state index contributed by atoms with van der Waals surface area (Å²) in [7, 11) is 0. The van der Waals surface area contributed by atoms with E-state index in [9.17, 15) is 25.0 Å². The lowest BCUT2D eigenvalue weighted by atomic mass is 10.1. The highest BCUT2D eigenvalue weighted by Gasteiger charge is 2.25. The highest BCUT2D eigenvalue weighted by molar-refractivity contribution is 6.03. The summed E-state index contributed by atoms with van der Waals surface area (Å²) in [5.74, 6) is 0. The minimum absolute atomic E-state index is 0.0811. The maximum absolute atomic E-state index is 14.1. The Hall–Kier alpha value is -5.05. The van der Waals surface area contributed by atoms with Crippen LogP contribution in [0.2, 0.25) is 0 Å². The number of nitro groups is 2. The SMILES string of the molecule is O=C(N(Cc1ccccc1)c1ccc([N+](=O)[O-])cc1)N(Cc1ccccc1)c1ccc([N+](=O)[O-])cc1. The lowest BCUT2D eigenvalue weighted by Crippen LogP contribution is -2.43. The third-order valence-corrected chi connectivity index (χ3v) is 5.57. The van der Waals surface area contributed by atoms with Crippen LogP contribution in [-0.4, -0.2) is 15.9 Å². The summed E-state index contributed by atoms with van der Waals surface area (Å²) in [6, 6.07) is 30.0. The quantitative estimate of drug-likeness (QED) is 0.215. The number of rotatable bonds is 8. The molecule has 0 aromatic heterocycles. The Bertz CT molecular complexity index is 1240. The van der Waals surface area contributed by atoms with Crippen LogP contribution >= 0.6 is 0 Å². The van der Waals surface area contributed by atoms with Crippen molar-refractivity contribution in [2.24, 2.45) is 0 Å². The van der Waals surface area contributed by atoms with Crippen LogP contribution in [-0.2, 0) is 13.1 Å². The molecule has 9 nitrogen and oxygen atoms in total. The average Bonchev–Trinajstić information content (AvgIpc) is 2.91. The molecular weight excluding hydrogens is 460 g/mol. The van der Waals surface area contributed by atoms with Gasteiger partial charge in [-0.1, -0.05) is 60.7 Å². The lowest BCUT2D eigenvalue weighted by molar-refractivity contribution is -0.385. The fraction of sp³-hybridized carbons (Fsp3) is 0.0741. The molecule has 0 saturated carbocycles. The lowest BCUT2D eigenvalue weighted by Gasteiger charge is -2.31. The second-order valence-corrected chi connectivity index (χ2v) is 7.97. The van der Waals surface area contributed by atoms with Crippen LogP contribution in [0, 0.1) is 20.2 Å². The number of nitrogens with zero attached hydrogens (tertiary/aromatic N) is 4. The van der Waals surface area contributed by atoms with Crippen LogP contribution in [0.4, 0.5) is 27.5 Å². The molecule has 0 aliphatic carbocycles. The smallest absolute Gasteiger partial charge is 0.290 e. The highest BCUT2D eigenvalue weighted by atomic mass is 16.6. The molecule has 36 heavy (non-hydrogen) atoms. The van der Waals surface area contributed by atoms with Gasteiger partial charge in [0.05, 0.1) is 22.9 Å². The zero-order valence-electron chi connectivity index (χ0n) is 19.1. The molecule has 0 spiro atoms. The summed E-state index contributed by atoms with van der Waals surface area (Å²) in [5, 5.41) is 22.3. The number of nitro benzene ring substituents is 2. The average molecular weight is 482 g/mol. The molecule has 2 amide bonds. The van der Waals surface area contributed by atoms with Gasteiger partial charge in [0.15, 0.2) is 0 Å². The van der Waals surface area contributed by atoms with Gasteiger partial charge in [-0.05, 0) is 35.4 Å². The second-order valence-electron chi connectivity index (χ2n) is 7.97. The third-order valence-electron chi connectivity index (χ3n) is 5.57. The number of benzene rings is 4. The van der Waals surface area contributed by atoms with Gasteiger partial charge in [-0.15, -0.1) is 0 Å². The molecule has 0 aliphatic rings. The van der Waals surface area contributed by atoms with Crippen molar-refractivity contribution in [3.63, 3.8) is 0 Å². The topological polar surface area (TPSA) is 110 Å². The Kier molecular flexibility index (Phi) is 7.30. The fourth-order valence-corrected chi connectivity index (χ4v) is 3.72. The van der Waals surface area contributed by atoms with E-state index >= 15 is 0 Å². The minimum atomic E-state index is -0.494. The number of anilines is 2. The molecule has 4 aromatic carbocycles. The summed E-state index contributed by atoms with van der Waals surface area (Å²) in [5.41, 5.74) is 2.54. The number of carbonyl (C=O) groups is 1. The fourth-order valence-electron chi connectivity index (χ4n) is 3.72. The Morgan fingerprint density at radius 3 is 1.19 bits per heavy atom. The molecule has 9 heteroatoms. The van der Waals surface area contributed by atoms with Crippen LogP contribution in [0.3, 0.4) is 0 Å². The molecule has 0 atom stereocenters. The molecule has 0 saturated heterocycles. The Balaban J connectivity index is 1.75. The molecule has 4 rings (SSSR count). The number of amides is 2. The maximum Gasteiger partial charge on any atom is 0.329 e. The molecule has 180 valence electrons. The molecule has 0 aliphatic heterocycles. The van der Waals surface area contributed by atoms with Crippen molar-refractivity contribution in [2.75, 3.05) is 9.80 Å². The monoisotopic (exact) mass is 482 g/mol. The largest absolute Gasteiger partial charge is 0.329 e. The summed E-state index contributed by atoms with van der Waals surface area (Å²) in [6.07, 6.45) is 0. The van der Waals surface area contributed by atoms with Gasteiger partial charge in [0, 0.05) is 35.6 Å². The van der Waals surface area contributed by atoms with Gasteiger partial charge in [0.2, 0.25) is 0 Å². The first-order valence-corrected chi connectivity index (χ1v) is 11.1. The summed E-state index contributed by atoms with van der Waals surface area (Å²) in [4.78, 5) is 38.4.